The van der Waals surface area contributed by atoms with E-state index in [0.29, 0.717) is 17.3 Å². The van der Waals surface area contributed by atoms with E-state index in [4.69, 9.17) is 4.74 Å². The maximum atomic E-state index is 12.7. The largest absolute Gasteiger partial charge is 0.448 e. The molecule has 0 radical (unpaired) electrons. The molecule has 0 saturated heterocycles. The van der Waals surface area contributed by atoms with Crippen molar-refractivity contribution in [3.8, 4) is 0 Å². The number of unbranched alkanes of at least 4 members (excludes halogenated alkanes) is 3. The van der Waals surface area contributed by atoms with Crippen molar-refractivity contribution in [1.82, 2.24) is 15.1 Å². The third kappa shape index (κ3) is 4.77. The van der Waals surface area contributed by atoms with Crippen LogP contribution in [-0.2, 0) is 16.1 Å². The van der Waals surface area contributed by atoms with Crippen LogP contribution in [0.2, 0.25) is 0 Å². The molecule has 1 aliphatic carbocycles. The number of fused-ring (bicyclic) bond motifs is 1. The van der Waals surface area contributed by atoms with Gasteiger partial charge in [-0.25, -0.2) is 9.48 Å². The summed E-state index contributed by atoms with van der Waals surface area (Å²) in [5, 5.41) is 7.97. The van der Waals surface area contributed by atoms with Gasteiger partial charge in [-0.3, -0.25) is 9.59 Å². The first-order valence-corrected chi connectivity index (χ1v) is 10.0. The van der Waals surface area contributed by atoms with Gasteiger partial charge in [0.25, 0.3) is 11.5 Å². The molecule has 1 aromatic carbocycles. The maximum absolute atomic E-state index is 12.7. The van der Waals surface area contributed by atoms with Gasteiger partial charge >= 0.3 is 5.97 Å². The standard InChI is InChI=1S/C21H27N3O4/c1-3-4-5-8-13-24-20(26)17-10-7-6-9-16(17)18(23-24)21(27)28-14(2)19(25)22-15-11-12-15/h6-7,9-10,14-15H,3-5,8,11-13H2,1-2H3,(H,22,25)/t14-/m0/s1. The van der Waals surface area contributed by atoms with Crippen LogP contribution < -0.4 is 10.9 Å². The SMILES string of the molecule is CCCCCCn1nc(C(=O)O[C@@H](C)C(=O)NC2CC2)c2ccccc2c1=O. The number of nitrogens with zero attached hydrogens (tertiary/aromatic N) is 2. The predicted octanol–water partition coefficient (Wildman–Crippen LogP) is 2.80. The van der Waals surface area contributed by atoms with Crippen LogP contribution >= 0.6 is 0 Å². The van der Waals surface area contributed by atoms with Crippen LogP contribution in [0.5, 0.6) is 0 Å². The van der Waals surface area contributed by atoms with Gasteiger partial charge in [0, 0.05) is 18.0 Å². The first kappa shape index (κ1) is 20.0. The van der Waals surface area contributed by atoms with Crippen molar-refractivity contribution in [2.24, 2.45) is 0 Å². The first-order valence-electron chi connectivity index (χ1n) is 10.0. The predicted molar refractivity (Wildman–Crippen MR) is 106 cm³/mol. The van der Waals surface area contributed by atoms with Crippen molar-refractivity contribution < 1.29 is 14.3 Å². The molecule has 0 aliphatic heterocycles. The van der Waals surface area contributed by atoms with E-state index in [2.05, 4.69) is 17.3 Å². The normalized spacial score (nSPS) is 14.6. The van der Waals surface area contributed by atoms with Crippen molar-refractivity contribution >= 4 is 22.6 Å². The van der Waals surface area contributed by atoms with Crippen LogP contribution in [0.25, 0.3) is 10.8 Å². The Morgan fingerprint density at radius 3 is 2.61 bits per heavy atom. The number of ether oxygens (including phenoxy) is 1. The molecule has 1 heterocycles. The Kier molecular flexibility index (Phi) is 6.44. The molecule has 7 heteroatoms. The van der Waals surface area contributed by atoms with E-state index in [-0.39, 0.29) is 23.2 Å². The minimum Gasteiger partial charge on any atom is -0.448 e. The average molecular weight is 385 g/mol. The summed E-state index contributed by atoms with van der Waals surface area (Å²) in [6, 6.07) is 7.05. The van der Waals surface area contributed by atoms with Crippen LogP contribution in [0, 0.1) is 0 Å². The molecule has 3 rings (SSSR count). The Morgan fingerprint density at radius 2 is 1.93 bits per heavy atom. The van der Waals surface area contributed by atoms with Gasteiger partial charge in [0.2, 0.25) is 0 Å². The fourth-order valence-electron chi connectivity index (χ4n) is 3.04. The second-order valence-corrected chi connectivity index (χ2v) is 7.31. The zero-order chi connectivity index (χ0) is 20.1. The van der Waals surface area contributed by atoms with Crippen molar-refractivity contribution in [3.63, 3.8) is 0 Å². The zero-order valence-electron chi connectivity index (χ0n) is 16.4. The molecule has 28 heavy (non-hydrogen) atoms. The molecule has 1 aromatic heterocycles. The van der Waals surface area contributed by atoms with Gasteiger partial charge in [-0.05, 0) is 32.3 Å². The molecule has 0 unspecified atom stereocenters. The number of aryl methyl sites for hydroxylation is 1. The van der Waals surface area contributed by atoms with E-state index in [1.807, 2.05) is 0 Å². The van der Waals surface area contributed by atoms with Gasteiger partial charge in [-0.15, -0.1) is 0 Å². The zero-order valence-corrected chi connectivity index (χ0v) is 16.4. The highest BCUT2D eigenvalue weighted by molar-refractivity contribution is 6.02. The van der Waals surface area contributed by atoms with E-state index < -0.39 is 12.1 Å². The van der Waals surface area contributed by atoms with Crippen LogP contribution in [0.3, 0.4) is 0 Å². The number of carbonyl (C=O) groups excluding carboxylic acids is 2. The summed E-state index contributed by atoms with van der Waals surface area (Å²) in [6.07, 6.45) is 4.99. The molecule has 0 spiro atoms. The van der Waals surface area contributed by atoms with E-state index in [1.165, 1.54) is 4.68 Å². The van der Waals surface area contributed by atoms with Gasteiger partial charge in [0.1, 0.15) is 0 Å². The Morgan fingerprint density at radius 1 is 1.21 bits per heavy atom. The lowest BCUT2D eigenvalue weighted by molar-refractivity contribution is -0.129. The lowest BCUT2D eigenvalue weighted by Gasteiger charge is -2.15. The van der Waals surface area contributed by atoms with Gasteiger partial charge in [-0.1, -0.05) is 44.4 Å². The second kappa shape index (κ2) is 8.99. The van der Waals surface area contributed by atoms with Crippen LogP contribution in [0.15, 0.2) is 29.1 Å². The molecule has 1 atom stereocenters. The molecule has 150 valence electrons. The van der Waals surface area contributed by atoms with Crippen molar-refractivity contribution in [1.29, 1.82) is 0 Å². The average Bonchev–Trinajstić information content (AvgIpc) is 3.50. The first-order chi connectivity index (χ1) is 13.5. The Bertz CT molecular complexity index is 917. The quantitative estimate of drug-likeness (QED) is 0.529. The summed E-state index contributed by atoms with van der Waals surface area (Å²) < 4.78 is 6.68. The summed E-state index contributed by atoms with van der Waals surface area (Å²) in [4.78, 5) is 37.5. The molecule has 0 bridgehead atoms. The number of benzene rings is 1. The summed E-state index contributed by atoms with van der Waals surface area (Å²) in [5.74, 6) is -1.01. The third-order valence-electron chi connectivity index (χ3n) is 4.86. The van der Waals surface area contributed by atoms with Gasteiger partial charge in [-0.2, -0.15) is 5.10 Å². The maximum Gasteiger partial charge on any atom is 0.360 e. The number of esters is 1. The lowest BCUT2D eigenvalue weighted by atomic mass is 10.1. The van der Waals surface area contributed by atoms with E-state index in [1.54, 1.807) is 31.2 Å². The number of carbonyl (C=O) groups is 2. The highest BCUT2D eigenvalue weighted by Crippen LogP contribution is 2.19. The van der Waals surface area contributed by atoms with E-state index >= 15 is 0 Å². The van der Waals surface area contributed by atoms with E-state index in [9.17, 15) is 14.4 Å². The van der Waals surface area contributed by atoms with Crippen molar-refractivity contribution in [2.75, 3.05) is 0 Å². The Hall–Kier alpha value is -2.70. The molecule has 2 aromatic rings. The molecular weight excluding hydrogens is 358 g/mol. The molecule has 7 nitrogen and oxygen atoms in total. The van der Waals surface area contributed by atoms with Gasteiger partial charge < -0.3 is 10.1 Å². The smallest absolute Gasteiger partial charge is 0.360 e. The van der Waals surface area contributed by atoms with Crippen molar-refractivity contribution in [2.45, 2.75) is 71.1 Å². The Balaban J connectivity index is 1.83. The molecule has 1 saturated carbocycles. The second-order valence-electron chi connectivity index (χ2n) is 7.31. The molecule has 1 aliphatic rings. The van der Waals surface area contributed by atoms with E-state index in [0.717, 1.165) is 38.5 Å². The number of amides is 1. The highest BCUT2D eigenvalue weighted by atomic mass is 16.5. The summed E-state index contributed by atoms with van der Waals surface area (Å²) >= 11 is 0. The Labute approximate surface area is 164 Å². The summed E-state index contributed by atoms with van der Waals surface area (Å²) in [5.41, 5.74) is -0.153. The van der Waals surface area contributed by atoms with Crippen LogP contribution in [0.4, 0.5) is 0 Å². The van der Waals surface area contributed by atoms with Gasteiger partial charge in [0.05, 0.1) is 5.39 Å². The fraction of sp³-hybridized carbons (Fsp3) is 0.524. The number of aromatic nitrogens is 2. The molecule has 1 N–H and O–H groups in total. The number of nitrogens with one attached hydrogen (secondary N) is 1. The molecule has 1 fully saturated rings. The summed E-state index contributed by atoms with van der Waals surface area (Å²) in [6.45, 7) is 4.11. The summed E-state index contributed by atoms with van der Waals surface area (Å²) in [7, 11) is 0. The minimum atomic E-state index is -0.918. The monoisotopic (exact) mass is 385 g/mol. The van der Waals surface area contributed by atoms with Gasteiger partial charge in [0.15, 0.2) is 11.8 Å². The lowest BCUT2D eigenvalue weighted by Crippen LogP contribution is -2.37. The number of hydrogen-bond donors (Lipinski definition) is 1. The van der Waals surface area contributed by atoms with Crippen LogP contribution in [0.1, 0.15) is 62.9 Å². The fourth-order valence-corrected chi connectivity index (χ4v) is 3.04. The number of hydrogen-bond acceptors (Lipinski definition) is 5. The molecule has 1 amide bonds. The minimum absolute atomic E-state index is 0.0664. The highest BCUT2D eigenvalue weighted by Gasteiger charge is 2.28. The number of rotatable bonds is 9. The van der Waals surface area contributed by atoms with Crippen molar-refractivity contribution in [3.05, 3.63) is 40.3 Å². The topological polar surface area (TPSA) is 90.3 Å². The van der Waals surface area contributed by atoms with Crippen LogP contribution in [-0.4, -0.2) is 33.8 Å². The third-order valence-corrected chi connectivity index (χ3v) is 4.86. The molecular formula is C21H27N3O4.